The predicted molar refractivity (Wildman–Crippen MR) is 25.1 cm³/mol. The van der Waals surface area contributed by atoms with Gasteiger partial charge in [0.25, 0.3) is 0 Å². The van der Waals surface area contributed by atoms with E-state index in [0.29, 0.717) is 0 Å². The molecule has 0 fully saturated rings. The van der Waals surface area contributed by atoms with Crippen molar-refractivity contribution in [1.29, 1.82) is 0 Å². The molecule has 0 rings (SSSR count). The van der Waals surface area contributed by atoms with E-state index in [9.17, 15) is 0 Å². The first kappa shape index (κ1) is 73.4. The summed E-state index contributed by atoms with van der Waals surface area (Å²) in [5, 5.41) is 13.9. The molecular weight excluding hydrogens is 183 g/mol. The van der Waals surface area contributed by atoms with Gasteiger partial charge in [0.2, 0.25) is 0 Å². The summed E-state index contributed by atoms with van der Waals surface area (Å²) in [7, 11) is 0. The van der Waals surface area contributed by atoms with E-state index in [2.05, 4.69) is 0 Å². The first-order chi connectivity index (χ1) is 1.73. The second-order valence-electron chi connectivity index (χ2n) is 0.283. The summed E-state index contributed by atoms with van der Waals surface area (Å²) in [6.45, 7) is 0. The van der Waals surface area contributed by atoms with E-state index in [1.54, 1.807) is 0 Å². The molecule has 0 amide bonds. The van der Waals surface area contributed by atoms with E-state index in [1.807, 2.05) is 0 Å². The number of hydrogen-bond donors (Lipinski definition) is 2. The van der Waals surface area contributed by atoms with Crippen LogP contribution >= 0.6 is 0 Å². The van der Waals surface area contributed by atoms with Crippen LogP contribution in [0.25, 0.3) is 0 Å². The first-order valence-corrected chi connectivity index (χ1v) is 0.651. The van der Waals surface area contributed by atoms with Crippen LogP contribution in [0.5, 0.6) is 0 Å². The topological polar surface area (TPSA) is 184 Å². The average Bonchev–Trinajstić information content (AvgIpc) is 0.811. The summed E-state index contributed by atoms with van der Waals surface area (Å²) >= 11 is 0. The summed E-state index contributed by atoms with van der Waals surface area (Å²) in [6.07, 6.45) is -1.83. The minimum Gasteiger partial charge on any atom is -0.450 e. The molecule has 0 radical (unpaired) electrons. The number of hydrogen-bond acceptors (Lipinski definition) is 1. The minimum absolute atomic E-state index is 0. The maximum absolute atomic E-state index is 8.56. The maximum atomic E-state index is 8.56. The normalized spacial score (nSPS) is 2.67. The van der Waals surface area contributed by atoms with Crippen LogP contribution in [0.15, 0.2) is 0 Å². The van der Waals surface area contributed by atoms with Gasteiger partial charge in [-0.15, -0.1) is 0 Å². The Labute approximate surface area is 60.5 Å². The van der Waals surface area contributed by atoms with Crippen molar-refractivity contribution in [3.05, 3.63) is 0 Å². The van der Waals surface area contributed by atoms with Crippen molar-refractivity contribution in [1.82, 2.24) is 0 Å². The molecule has 0 saturated carbocycles. The first-order valence-electron chi connectivity index (χ1n) is 0.651. The number of carbonyl (C=O) groups is 1. The van der Waals surface area contributed by atoms with Gasteiger partial charge in [0.1, 0.15) is 0 Å². The van der Waals surface area contributed by atoms with Gasteiger partial charge in [-0.2, -0.15) is 0 Å². The van der Waals surface area contributed by atoms with E-state index in [-0.39, 0.29) is 38.4 Å². The summed E-state index contributed by atoms with van der Waals surface area (Å²) in [6, 6.07) is 0. The van der Waals surface area contributed by atoms with Crippen LogP contribution in [0.1, 0.15) is 0 Å². The Bertz CT molecular complexity index is 31.9. The van der Waals surface area contributed by atoms with Crippen molar-refractivity contribution in [2.24, 2.45) is 0 Å². The molecule has 8 heteroatoms. The average molecular weight is 193 g/mol. The fraction of sp³-hybridized carbons (Fsp3) is 0. The van der Waals surface area contributed by atoms with Crippen molar-refractivity contribution < 1.29 is 53.4 Å². The van der Waals surface area contributed by atoms with Gasteiger partial charge in [-0.3, -0.25) is 0 Å². The van der Waals surface area contributed by atoms with E-state index in [4.69, 9.17) is 15.0 Å². The van der Waals surface area contributed by atoms with E-state index < -0.39 is 6.16 Å². The molecule has 9 heavy (non-hydrogen) atoms. The smallest absolute Gasteiger partial charge is 0.450 e. The Kier molecular flexibility index (Phi) is 399. The van der Waals surface area contributed by atoms with Crippen molar-refractivity contribution >= 4 is 6.16 Å². The van der Waals surface area contributed by atoms with Crippen molar-refractivity contribution in [2.75, 3.05) is 0 Å². The van der Waals surface area contributed by atoms with Crippen molar-refractivity contribution in [3.8, 4) is 0 Å². The Balaban J connectivity index is -0.00000000450. The van der Waals surface area contributed by atoms with Crippen LogP contribution < -0.4 is 0 Å². The molecule has 66 valence electrons. The molecular formula is CH10NiO7. The monoisotopic (exact) mass is 192 g/mol. The molecule has 0 aliphatic heterocycles. The predicted octanol–water partition coefficient (Wildman–Crippen LogP) is -3.08. The van der Waals surface area contributed by atoms with Crippen molar-refractivity contribution in [2.45, 2.75) is 0 Å². The zero-order valence-electron chi connectivity index (χ0n) is 4.12. The van der Waals surface area contributed by atoms with Crippen LogP contribution in [-0.4, -0.2) is 38.3 Å². The maximum Gasteiger partial charge on any atom is 0.503 e. The number of carboxylic acid groups (broad SMARTS) is 2. The van der Waals surface area contributed by atoms with Crippen LogP contribution in [0.4, 0.5) is 4.79 Å². The van der Waals surface area contributed by atoms with Gasteiger partial charge in [-0.1, -0.05) is 0 Å². The second-order valence-corrected chi connectivity index (χ2v) is 0.283. The zero-order valence-corrected chi connectivity index (χ0v) is 5.11. The molecule has 0 unspecified atom stereocenters. The van der Waals surface area contributed by atoms with E-state index in [1.165, 1.54) is 0 Å². The molecule has 0 aromatic heterocycles. The van der Waals surface area contributed by atoms with E-state index in [0.717, 1.165) is 0 Å². The molecule has 0 aliphatic rings. The third-order valence-corrected chi connectivity index (χ3v) is 0. The fourth-order valence-corrected chi connectivity index (χ4v) is 0. The molecule has 0 atom stereocenters. The third kappa shape index (κ3) is 1520. The molecule has 0 bridgehead atoms. The minimum atomic E-state index is -1.83. The summed E-state index contributed by atoms with van der Waals surface area (Å²) in [5.41, 5.74) is 0. The SMILES string of the molecule is O.O.O.O.O=C(O)O.[Ni]. The number of rotatable bonds is 0. The standard InChI is InChI=1S/CH2O3.Ni.4H2O/c2-1(3)4;;;;;/h(H2,2,3,4);;4*1H2. The molecule has 0 heterocycles. The van der Waals surface area contributed by atoms with Crippen LogP contribution in [0.3, 0.4) is 0 Å². The van der Waals surface area contributed by atoms with Crippen LogP contribution in [0.2, 0.25) is 0 Å². The summed E-state index contributed by atoms with van der Waals surface area (Å²) in [4.78, 5) is 8.56. The quantitative estimate of drug-likeness (QED) is 0.387. The molecule has 0 aromatic rings. The van der Waals surface area contributed by atoms with Gasteiger partial charge in [0.05, 0.1) is 0 Å². The molecule has 7 nitrogen and oxygen atoms in total. The molecule has 0 saturated heterocycles. The van der Waals surface area contributed by atoms with E-state index >= 15 is 0 Å². The summed E-state index contributed by atoms with van der Waals surface area (Å²) in [5.74, 6) is 0. The van der Waals surface area contributed by atoms with Gasteiger partial charge >= 0.3 is 6.16 Å². The second kappa shape index (κ2) is 48.9. The fourth-order valence-electron chi connectivity index (χ4n) is 0. The molecule has 0 spiro atoms. The zero-order chi connectivity index (χ0) is 3.58. The largest absolute Gasteiger partial charge is 0.503 e. The summed E-state index contributed by atoms with van der Waals surface area (Å²) < 4.78 is 0. The molecule has 10 N–H and O–H groups in total. The van der Waals surface area contributed by atoms with Gasteiger partial charge in [0, 0.05) is 16.5 Å². The third-order valence-electron chi connectivity index (χ3n) is 0. The van der Waals surface area contributed by atoms with Crippen LogP contribution in [0, 0.1) is 0 Å². The van der Waals surface area contributed by atoms with Crippen LogP contribution in [-0.2, 0) is 16.5 Å². The Morgan fingerprint density at radius 3 is 0.889 bits per heavy atom. The van der Waals surface area contributed by atoms with Crippen molar-refractivity contribution in [3.63, 3.8) is 0 Å². The Hall–Kier alpha value is -0.396. The van der Waals surface area contributed by atoms with Gasteiger partial charge < -0.3 is 32.1 Å². The van der Waals surface area contributed by atoms with Gasteiger partial charge in [-0.25, -0.2) is 4.79 Å². The molecule has 0 aromatic carbocycles. The Morgan fingerprint density at radius 1 is 0.889 bits per heavy atom. The van der Waals surface area contributed by atoms with Gasteiger partial charge in [-0.05, 0) is 0 Å². The Morgan fingerprint density at radius 2 is 0.889 bits per heavy atom. The molecule has 0 aliphatic carbocycles. The van der Waals surface area contributed by atoms with Gasteiger partial charge in [0.15, 0.2) is 0 Å².